The number of β-amino-alcohol motifs (C(OH)–C–C–N with tert-alkyl or cyclic N) is 1. The van der Waals surface area contributed by atoms with Crippen molar-refractivity contribution in [3.05, 3.63) is 30.1 Å². The molecule has 3 nitrogen and oxygen atoms in total. The lowest BCUT2D eigenvalue weighted by atomic mass is 10.00. The Morgan fingerprint density at radius 2 is 2.00 bits per heavy atom. The van der Waals surface area contributed by atoms with Gasteiger partial charge in [0.25, 0.3) is 0 Å². The largest absolute Gasteiger partial charge is 0.387 e. The van der Waals surface area contributed by atoms with Crippen LogP contribution in [0.25, 0.3) is 0 Å². The molecule has 1 aromatic carbocycles. The Balaban J connectivity index is 2.37. The van der Waals surface area contributed by atoms with E-state index >= 15 is 0 Å². The SMILES string of the molecule is CC1(O)CNCC(C)(C)N(c2cccc(F)c2)C1. The van der Waals surface area contributed by atoms with Crippen LogP contribution in [0.4, 0.5) is 10.1 Å². The van der Waals surface area contributed by atoms with E-state index < -0.39 is 5.60 Å². The second-order valence-electron chi connectivity index (χ2n) is 5.98. The van der Waals surface area contributed by atoms with Crippen LogP contribution < -0.4 is 10.2 Å². The summed E-state index contributed by atoms with van der Waals surface area (Å²) in [6.07, 6.45) is 0. The molecular weight excluding hydrogens is 231 g/mol. The number of rotatable bonds is 1. The molecule has 18 heavy (non-hydrogen) atoms. The molecule has 2 rings (SSSR count). The van der Waals surface area contributed by atoms with Crippen molar-refractivity contribution < 1.29 is 9.50 Å². The molecular formula is C14H21FN2O. The molecule has 0 bridgehead atoms. The Bertz CT molecular complexity index is 432. The molecule has 2 N–H and O–H groups in total. The fourth-order valence-electron chi connectivity index (χ4n) is 2.43. The zero-order valence-corrected chi connectivity index (χ0v) is 11.2. The Labute approximate surface area is 108 Å². The van der Waals surface area contributed by atoms with Gasteiger partial charge in [0.2, 0.25) is 0 Å². The molecule has 100 valence electrons. The fourth-order valence-corrected chi connectivity index (χ4v) is 2.43. The van der Waals surface area contributed by atoms with Crippen molar-refractivity contribution in [2.45, 2.75) is 31.9 Å². The van der Waals surface area contributed by atoms with Gasteiger partial charge in [-0.15, -0.1) is 0 Å². The molecule has 0 spiro atoms. The topological polar surface area (TPSA) is 35.5 Å². The van der Waals surface area contributed by atoms with E-state index in [0.29, 0.717) is 13.1 Å². The lowest BCUT2D eigenvalue weighted by molar-refractivity contribution is 0.0720. The molecule has 1 aliphatic heterocycles. The number of anilines is 1. The third-order valence-corrected chi connectivity index (χ3v) is 3.41. The minimum atomic E-state index is -0.819. The molecule has 4 heteroatoms. The number of nitrogens with zero attached hydrogens (tertiary/aromatic N) is 1. The summed E-state index contributed by atoms with van der Waals surface area (Å²) >= 11 is 0. The van der Waals surface area contributed by atoms with Crippen LogP contribution in [0.3, 0.4) is 0 Å². The monoisotopic (exact) mass is 252 g/mol. The number of benzene rings is 1. The highest BCUT2D eigenvalue weighted by Crippen LogP contribution is 2.28. The smallest absolute Gasteiger partial charge is 0.125 e. The van der Waals surface area contributed by atoms with Crippen molar-refractivity contribution in [3.8, 4) is 0 Å². The van der Waals surface area contributed by atoms with Gasteiger partial charge in [0.15, 0.2) is 0 Å². The first-order valence-electron chi connectivity index (χ1n) is 6.27. The summed E-state index contributed by atoms with van der Waals surface area (Å²) in [5.41, 5.74) is -0.182. The summed E-state index contributed by atoms with van der Waals surface area (Å²) in [6, 6.07) is 6.54. The third kappa shape index (κ3) is 2.82. The van der Waals surface area contributed by atoms with Gasteiger partial charge in [-0.1, -0.05) is 6.07 Å². The molecule has 0 aliphatic carbocycles. The zero-order valence-electron chi connectivity index (χ0n) is 11.2. The van der Waals surface area contributed by atoms with Gasteiger partial charge in [-0.3, -0.25) is 0 Å². The summed E-state index contributed by atoms with van der Waals surface area (Å²) in [4.78, 5) is 2.07. The Morgan fingerprint density at radius 3 is 2.67 bits per heavy atom. The van der Waals surface area contributed by atoms with Crippen LogP contribution in [0, 0.1) is 5.82 Å². The molecule has 0 amide bonds. The summed E-state index contributed by atoms with van der Waals surface area (Å²) < 4.78 is 13.4. The van der Waals surface area contributed by atoms with E-state index in [9.17, 15) is 9.50 Å². The second kappa shape index (κ2) is 4.52. The van der Waals surface area contributed by atoms with E-state index in [0.717, 1.165) is 12.2 Å². The highest BCUT2D eigenvalue weighted by Gasteiger charge is 2.36. The van der Waals surface area contributed by atoms with Gasteiger partial charge in [0.05, 0.1) is 5.60 Å². The molecule has 1 atom stereocenters. The lowest BCUT2D eigenvalue weighted by Gasteiger charge is -2.40. The molecule has 0 aromatic heterocycles. The van der Waals surface area contributed by atoms with E-state index in [1.807, 2.05) is 6.07 Å². The number of nitrogens with one attached hydrogen (secondary N) is 1. The highest BCUT2D eigenvalue weighted by atomic mass is 19.1. The first-order chi connectivity index (χ1) is 8.30. The average molecular weight is 252 g/mol. The maximum Gasteiger partial charge on any atom is 0.125 e. The summed E-state index contributed by atoms with van der Waals surface area (Å²) in [5, 5.41) is 13.5. The number of halogens is 1. The average Bonchev–Trinajstić information content (AvgIpc) is 2.35. The molecule has 0 saturated carbocycles. The summed E-state index contributed by atoms with van der Waals surface area (Å²) in [7, 11) is 0. The van der Waals surface area contributed by atoms with Crippen LogP contribution in [0.2, 0.25) is 0 Å². The standard InChI is InChI=1S/C14H21FN2O/c1-13(2)8-16-9-14(3,18)10-17(13)12-6-4-5-11(15)7-12/h4-7,16,18H,8-10H2,1-3H3. The fraction of sp³-hybridized carbons (Fsp3) is 0.571. The van der Waals surface area contributed by atoms with Gasteiger partial charge >= 0.3 is 0 Å². The second-order valence-corrected chi connectivity index (χ2v) is 5.98. The van der Waals surface area contributed by atoms with Crippen LogP contribution in [0.5, 0.6) is 0 Å². The predicted molar refractivity (Wildman–Crippen MR) is 71.3 cm³/mol. The molecule has 1 aromatic rings. The van der Waals surface area contributed by atoms with Crippen molar-refractivity contribution in [3.63, 3.8) is 0 Å². The van der Waals surface area contributed by atoms with Crippen molar-refractivity contribution in [2.75, 3.05) is 24.5 Å². The Kier molecular flexibility index (Phi) is 3.34. The molecule has 1 heterocycles. The lowest BCUT2D eigenvalue weighted by Crippen LogP contribution is -2.51. The van der Waals surface area contributed by atoms with Crippen molar-refractivity contribution in [1.29, 1.82) is 0 Å². The first kappa shape index (κ1) is 13.3. The molecule has 1 unspecified atom stereocenters. The quantitative estimate of drug-likeness (QED) is 0.799. The maximum absolute atomic E-state index is 13.4. The van der Waals surface area contributed by atoms with Crippen LogP contribution >= 0.6 is 0 Å². The highest BCUT2D eigenvalue weighted by molar-refractivity contribution is 5.50. The number of hydrogen-bond donors (Lipinski definition) is 2. The molecule has 1 aliphatic rings. The minimum absolute atomic E-state index is 0.172. The normalized spacial score (nSPS) is 27.9. The van der Waals surface area contributed by atoms with Crippen LogP contribution in [-0.4, -0.2) is 35.9 Å². The van der Waals surface area contributed by atoms with E-state index in [-0.39, 0.29) is 11.4 Å². The summed E-state index contributed by atoms with van der Waals surface area (Å²) in [6.45, 7) is 7.75. The van der Waals surface area contributed by atoms with Crippen LogP contribution in [0.1, 0.15) is 20.8 Å². The van der Waals surface area contributed by atoms with E-state index in [1.54, 1.807) is 13.0 Å². The predicted octanol–water partition coefficient (Wildman–Crippen LogP) is 1.76. The van der Waals surface area contributed by atoms with Gasteiger partial charge in [-0.2, -0.15) is 0 Å². The van der Waals surface area contributed by atoms with Crippen molar-refractivity contribution >= 4 is 5.69 Å². The molecule has 1 saturated heterocycles. The third-order valence-electron chi connectivity index (χ3n) is 3.41. The number of aliphatic hydroxyl groups is 1. The Morgan fingerprint density at radius 1 is 1.28 bits per heavy atom. The van der Waals surface area contributed by atoms with Crippen LogP contribution in [0.15, 0.2) is 24.3 Å². The summed E-state index contributed by atoms with van der Waals surface area (Å²) in [5.74, 6) is -0.250. The number of hydrogen-bond acceptors (Lipinski definition) is 3. The van der Waals surface area contributed by atoms with Crippen LogP contribution in [-0.2, 0) is 0 Å². The van der Waals surface area contributed by atoms with E-state index in [2.05, 4.69) is 24.1 Å². The van der Waals surface area contributed by atoms with Gasteiger partial charge < -0.3 is 15.3 Å². The molecule has 1 fully saturated rings. The van der Waals surface area contributed by atoms with Gasteiger partial charge in [-0.25, -0.2) is 4.39 Å². The van der Waals surface area contributed by atoms with Crippen molar-refractivity contribution in [1.82, 2.24) is 5.32 Å². The van der Waals surface area contributed by atoms with Crippen molar-refractivity contribution in [2.24, 2.45) is 0 Å². The minimum Gasteiger partial charge on any atom is -0.387 e. The maximum atomic E-state index is 13.4. The van der Waals surface area contributed by atoms with Gasteiger partial charge in [0, 0.05) is 30.9 Å². The van der Waals surface area contributed by atoms with E-state index in [4.69, 9.17) is 0 Å². The molecule has 0 radical (unpaired) electrons. The van der Waals surface area contributed by atoms with E-state index in [1.165, 1.54) is 12.1 Å². The first-order valence-corrected chi connectivity index (χ1v) is 6.27. The Hall–Kier alpha value is -1.13. The zero-order chi connectivity index (χ0) is 13.4. The van der Waals surface area contributed by atoms with Gasteiger partial charge in [-0.05, 0) is 39.0 Å². The van der Waals surface area contributed by atoms with Gasteiger partial charge in [0.1, 0.15) is 5.82 Å².